The molecule has 31 heavy (non-hydrogen) atoms. The number of thiazole rings is 1. The van der Waals surface area contributed by atoms with Crippen LogP contribution in [0, 0.1) is 5.95 Å². The lowest BCUT2D eigenvalue weighted by atomic mass is 10.2. The van der Waals surface area contributed by atoms with Gasteiger partial charge in [0.05, 0.1) is 11.4 Å². The summed E-state index contributed by atoms with van der Waals surface area (Å²) in [5, 5.41) is 9.66. The van der Waals surface area contributed by atoms with E-state index in [0.717, 1.165) is 17.0 Å². The maximum atomic E-state index is 13.3. The lowest BCUT2D eigenvalue weighted by molar-refractivity contribution is 0.101. The second-order valence-corrected chi connectivity index (χ2v) is 8.05. The first kappa shape index (κ1) is 20.7. The number of rotatable bonds is 7. The molecule has 0 aliphatic heterocycles. The van der Waals surface area contributed by atoms with E-state index in [9.17, 15) is 9.18 Å². The van der Waals surface area contributed by atoms with Gasteiger partial charge in [0.1, 0.15) is 5.69 Å². The van der Waals surface area contributed by atoms with Crippen LogP contribution in [0.5, 0.6) is 0 Å². The summed E-state index contributed by atoms with van der Waals surface area (Å²) in [5.74, 6) is -0.824. The van der Waals surface area contributed by atoms with Crippen LogP contribution in [0.3, 0.4) is 0 Å². The van der Waals surface area contributed by atoms with E-state index < -0.39 is 5.95 Å². The highest BCUT2D eigenvalue weighted by molar-refractivity contribution is 7.14. The molecule has 1 amide bonds. The van der Waals surface area contributed by atoms with E-state index in [4.69, 9.17) is 0 Å². The van der Waals surface area contributed by atoms with Crippen LogP contribution in [0.25, 0.3) is 12.2 Å². The van der Waals surface area contributed by atoms with Crippen molar-refractivity contribution in [3.05, 3.63) is 82.9 Å². The molecule has 0 saturated heterocycles. The van der Waals surface area contributed by atoms with Crippen LogP contribution >= 0.6 is 11.3 Å². The van der Waals surface area contributed by atoms with Gasteiger partial charge >= 0.3 is 0 Å². The van der Waals surface area contributed by atoms with E-state index in [-0.39, 0.29) is 5.91 Å². The van der Waals surface area contributed by atoms with Crippen molar-refractivity contribution in [3.8, 4) is 0 Å². The Hall–Kier alpha value is -3.59. The predicted molar refractivity (Wildman–Crippen MR) is 119 cm³/mol. The maximum Gasteiger partial charge on any atom is 0.274 e. The zero-order valence-electron chi connectivity index (χ0n) is 17.1. The first-order valence-electron chi connectivity index (χ1n) is 9.73. The second kappa shape index (κ2) is 9.05. The van der Waals surface area contributed by atoms with Crippen LogP contribution in [0.2, 0.25) is 0 Å². The van der Waals surface area contributed by atoms with Gasteiger partial charge in [-0.1, -0.05) is 0 Å². The molecule has 0 radical (unpaired) electrons. The molecule has 0 atom stereocenters. The van der Waals surface area contributed by atoms with Gasteiger partial charge in [-0.3, -0.25) is 14.8 Å². The summed E-state index contributed by atoms with van der Waals surface area (Å²) >= 11 is 1.35. The van der Waals surface area contributed by atoms with Gasteiger partial charge in [-0.15, -0.1) is 11.3 Å². The molecule has 7 nitrogen and oxygen atoms in total. The fourth-order valence-corrected chi connectivity index (χ4v) is 3.65. The number of halogens is 1. The van der Waals surface area contributed by atoms with Gasteiger partial charge in [0, 0.05) is 36.6 Å². The van der Waals surface area contributed by atoms with Crippen molar-refractivity contribution in [2.75, 3.05) is 5.32 Å². The molecular formula is C22H21FN6OS. The summed E-state index contributed by atoms with van der Waals surface area (Å²) in [6, 6.07) is 8.80. The van der Waals surface area contributed by atoms with Crippen LogP contribution in [-0.4, -0.2) is 30.2 Å². The van der Waals surface area contributed by atoms with E-state index in [1.54, 1.807) is 29.0 Å². The van der Waals surface area contributed by atoms with Gasteiger partial charge < -0.3 is 4.57 Å². The number of carbonyl (C=O) groups is 1. The van der Waals surface area contributed by atoms with Gasteiger partial charge in [0.2, 0.25) is 5.95 Å². The molecule has 4 aromatic heterocycles. The number of amides is 1. The molecule has 0 aromatic carbocycles. The second-order valence-electron chi connectivity index (χ2n) is 7.19. The van der Waals surface area contributed by atoms with E-state index in [1.807, 2.05) is 34.5 Å². The van der Waals surface area contributed by atoms with Crippen molar-refractivity contribution in [2.45, 2.75) is 26.4 Å². The van der Waals surface area contributed by atoms with Crippen molar-refractivity contribution in [3.63, 3.8) is 0 Å². The number of anilines is 1. The first-order valence-corrected chi connectivity index (χ1v) is 10.6. The molecule has 4 rings (SSSR count). The molecule has 9 heteroatoms. The van der Waals surface area contributed by atoms with E-state index in [2.05, 4.69) is 34.2 Å². The molecule has 4 heterocycles. The van der Waals surface area contributed by atoms with Crippen LogP contribution < -0.4 is 5.32 Å². The van der Waals surface area contributed by atoms with Gasteiger partial charge in [-0.2, -0.15) is 9.49 Å². The summed E-state index contributed by atoms with van der Waals surface area (Å²) in [6.07, 6.45) is 8.87. The van der Waals surface area contributed by atoms with E-state index >= 15 is 0 Å². The molecule has 1 N–H and O–H groups in total. The smallest absolute Gasteiger partial charge is 0.274 e. The average Bonchev–Trinajstić information content (AvgIpc) is 3.47. The molecular weight excluding hydrogens is 415 g/mol. The fraction of sp³-hybridized carbons (Fsp3) is 0.182. The largest absolute Gasteiger partial charge is 0.339 e. The van der Waals surface area contributed by atoms with Gasteiger partial charge in [0.15, 0.2) is 5.13 Å². The summed E-state index contributed by atoms with van der Waals surface area (Å²) in [5.41, 5.74) is 2.77. The van der Waals surface area contributed by atoms with Crippen LogP contribution in [-0.2, 0) is 6.54 Å². The molecule has 0 fully saturated rings. The number of nitrogens with one attached hydrogen (secondary N) is 1. The minimum absolute atomic E-state index is 0.278. The number of carbonyl (C=O) groups excluding carboxylic acids is 1. The third kappa shape index (κ3) is 5.13. The summed E-state index contributed by atoms with van der Waals surface area (Å²) < 4.78 is 17.0. The maximum absolute atomic E-state index is 13.3. The van der Waals surface area contributed by atoms with Crippen molar-refractivity contribution < 1.29 is 9.18 Å². The molecule has 0 bridgehead atoms. The number of pyridine rings is 1. The lowest BCUT2D eigenvalue weighted by Gasteiger charge is -2.09. The Morgan fingerprint density at radius 3 is 2.84 bits per heavy atom. The highest BCUT2D eigenvalue weighted by atomic mass is 32.1. The van der Waals surface area contributed by atoms with Crippen molar-refractivity contribution in [2.24, 2.45) is 0 Å². The molecule has 0 unspecified atom stereocenters. The first-order chi connectivity index (χ1) is 15.0. The summed E-state index contributed by atoms with van der Waals surface area (Å²) in [6.45, 7) is 4.51. The highest BCUT2D eigenvalue weighted by Gasteiger charge is 2.13. The third-order valence-electron chi connectivity index (χ3n) is 4.53. The predicted octanol–water partition coefficient (Wildman–Crippen LogP) is 4.73. The van der Waals surface area contributed by atoms with E-state index in [0.29, 0.717) is 23.4 Å². The minimum Gasteiger partial charge on any atom is -0.339 e. The van der Waals surface area contributed by atoms with Crippen molar-refractivity contribution in [1.82, 2.24) is 24.3 Å². The Balaban J connectivity index is 1.41. The highest BCUT2D eigenvalue weighted by Crippen LogP contribution is 2.19. The van der Waals surface area contributed by atoms with Crippen LogP contribution in [0.4, 0.5) is 9.52 Å². The standard InChI is InChI=1S/C22H21FN6OS/c1-15(2)29-11-8-17(27-29)5-6-18-14-31-22(25-18)26-21(30)19-4-3-10-28(19)13-16-7-9-24-20(23)12-16/h3-12,14-15H,13H2,1-2H3,(H,25,26,30)/b6-5+. The van der Waals surface area contributed by atoms with Crippen LogP contribution in [0.15, 0.2) is 54.3 Å². The van der Waals surface area contributed by atoms with E-state index in [1.165, 1.54) is 23.6 Å². The topological polar surface area (TPSA) is 77.6 Å². The monoisotopic (exact) mass is 436 g/mol. The van der Waals surface area contributed by atoms with Gasteiger partial charge in [-0.05, 0) is 61.9 Å². The molecule has 0 aliphatic rings. The third-order valence-corrected chi connectivity index (χ3v) is 5.31. The van der Waals surface area contributed by atoms with Gasteiger partial charge in [0.25, 0.3) is 5.91 Å². The Morgan fingerprint density at radius 2 is 2.06 bits per heavy atom. The molecule has 0 spiro atoms. The Bertz CT molecular complexity index is 1220. The number of hydrogen-bond donors (Lipinski definition) is 1. The lowest BCUT2D eigenvalue weighted by Crippen LogP contribution is -2.17. The minimum atomic E-state index is -0.546. The quantitative estimate of drug-likeness (QED) is 0.425. The number of aromatic nitrogens is 5. The zero-order valence-corrected chi connectivity index (χ0v) is 17.9. The summed E-state index contributed by atoms with van der Waals surface area (Å²) in [4.78, 5) is 20.7. The number of hydrogen-bond acceptors (Lipinski definition) is 5. The molecule has 4 aromatic rings. The van der Waals surface area contributed by atoms with Crippen molar-refractivity contribution >= 4 is 34.5 Å². The fourth-order valence-electron chi connectivity index (χ4n) is 2.98. The SMILES string of the molecule is CC(C)n1ccc(/C=C/c2csc(NC(=O)c3cccn3Cc3ccnc(F)c3)n2)n1. The number of nitrogens with zero attached hydrogens (tertiary/aromatic N) is 5. The molecule has 0 aliphatic carbocycles. The van der Waals surface area contributed by atoms with Gasteiger partial charge in [-0.25, -0.2) is 9.97 Å². The average molecular weight is 437 g/mol. The Labute approximate surface area is 182 Å². The summed E-state index contributed by atoms with van der Waals surface area (Å²) in [7, 11) is 0. The van der Waals surface area contributed by atoms with Crippen molar-refractivity contribution in [1.29, 1.82) is 0 Å². The molecule has 158 valence electrons. The zero-order chi connectivity index (χ0) is 21.8. The normalized spacial score (nSPS) is 11.5. The van der Waals surface area contributed by atoms with Crippen LogP contribution in [0.1, 0.15) is 47.3 Å². The molecule has 0 saturated carbocycles. The Morgan fingerprint density at radius 1 is 1.23 bits per heavy atom. The Kier molecular flexibility index (Phi) is 6.03.